The highest BCUT2D eigenvalue weighted by molar-refractivity contribution is 7.99. The van der Waals surface area contributed by atoms with Crippen molar-refractivity contribution in [3.63, 3.8) is 0 Å². The molecule has 0 unspecified atom stereocenters. The summed E-state index contributed by atoms with van der Waals surface area (Å²) in [5.41, 5.74) is 1.12. The largest absolute Gasteiger partial charge is 0.497 e. The molecule has 0 saturated carbocycles. The van der Waals surface area contributed by atoms with Crippen LogP contribution in [0.5, 0.6) is 5.75 Å². The van der Waals surface area contributed by atoms with Gasteiger partial charge in [-0.15, -0.1) is 10.2 Å². The van der Waals surface area contributed by atoms with Crippen molar-refractivity contribution in [1.29, 1.82) is 0 Å². The molecule has 0 radical (unpaired) electrons. The molecular formula is C13H16N4OS. The van der Waals surface area contributed by atoms with Gasteiger partial charge in [0.15, 0.2) is 5.16 Å². The van der Waals surface area contributed by atoms with Crippen molar-refractivity contribution in [1.82, 2.24) is 14.8 Å². The maximum Gasteiger partial charge on any atom is 0.232 e. The van der Waals surface area contributed by atoms with Crippen LogP contribution in [-0.2, 0) is 6.54 Å². The van der Waals surface area contributed by atoms with Crippen molar-refractivity contribution in [2.75, 3.05) is 24.3 Å². The average Bonchev–Trinajstić information content (AvgIpc) is 3.02. The summed E-state index contributed by atoms with van der Waals surface area (Å²) in [4.78, 5) is 2.19. The number of benzene rings is 1. The first-order valence-electron chi connectivity index (χ1n) is 6.31. The molecule has 1 aliphatic heterocycles. The summed E-state index contributed by atoms with van der Waals surface area (Å²) >= 11 is 1.73. The normalized spacial score (nSPS) is 13.7. The minimum atomic E-state index is 0.867. The molecule has 2 heterocycles. The number of anilines is 2. The van der Waals surface area contributed by atoms with Gasteiger partial charge in [-0.2, -0.15) is 0 Å². The van der Waals surface area contributed by atoms with Crippen LogP contribution in [0.2, 0.25) is 0 Å². The number of hydrogen-bond donors (Lipinski definition) is 0. The SMILES string of the molecule is CCSc1nnc2n1CCN2c1ccc(OC)cc1. The second-order valence-corrected chi connectivity index (χ2v) is 5.45. The lowest BCUT2D eigenvalue weighted by Crippen LogP contribution is -2.14. The van der Waals surface area contributed by atoms with Gasteiger partial charge in [-0.1, -0.05) is 18.7 Å². The van der Waals surface area contributed by atoms with Gasteiger partial charge in [0.1, 0.15) is 5.75 Å². The molecule has 1 aromatic heterocycles. The lowest BCUT2D eigenvalue weighted by atomic mass is 10.3. The fourth-order valence-electron chi connectivity index (χ4n) is 2.22. The van der Waals surface area contributed by atoms with Gasteiger partial charge in [-0.05, 0) is 30.0 Å². The Morgan fingerprint density at radius 2 is 2.00 bits per heavy atom. The van der Waals surface area contributed by atoms with Crippen LogP contribution in [0.3, 0.4) is 0 Å². The number of methoxy groups -OCH3 is 1. The Hall–Kier alpha value is -1.69. The van der Waals surface area contributed by atoms with E-state index in [0.29, 0.717) is 0 Å². The van der Waals surface area contributed by atoms with Gasteiger partial charge in [0, 0.05) is 18.8 Å². The highest BCUT2D eigenvalue weighted by atomic mass is 32.2. The number of fused-ring (bicyclic) bond motifs is 1. The summed E-state index contributed by atoms with van der Waals surface area (Å²) in [5, 5.41) is 9.56. The standard InChI is InChI=1S/C13H16N4OS/c1-3-19-13-15-14-12-16(8-9-17(12)13)10-4-6-11(18-2)7-5-10/h4-7H,3,8-9H2,1-2H3. The molecule has 19 heavy (non-hydrogen) atoms. The second-order valence-electron chi connectivity index (χ2n) is 4.22. The molecule has 5 nitrogen and oxygen atoms in total. The van der Waals surface area contributed by atoms with Gasteiger partial charge in [0.05, 0.1) is 7.11 Å². The van der Waals surface area contributed by atoms with Crippen LogP contribution in [0.25, 0.3) is 0 Å². The number of hydrogen-bond acceptors (Lipinski definition) is 5. The minimum Gasteiger partial charge on any atom is -0.497 e. The van der Waals surface area contributed by atoms with Crippen molar-refractivity contribution < 1.29 is 4.74 Å². The van der Waals surface area contributed by atoms with Crippen molar-refractivity contribution in [2.45, 2.75) is 18.6 Å². The molecule has 0 atom stereocenters. The summed E-state index contributed by atoms with van der Waals surface area (Å²) in [6.45, 7) is 4.01. The Bertz CT molecular complexity index is 567. The molecule has 1 aliphatic rings. The lowest BCUT2D eigenvalue weighted by molar-refractivity contribution is 0.415. The topological polar surface area (TPSA) is 43.2 Å². The third kappa shape index (κ3) is 2.16. The average molecular weight is 276 g/mol. The van der Waals surface area contributed by atoms with E-state index in [9.17, 15) is 0 Å². The summed E-state index contributed by atoms with van der Waals surface area (Å²) in [7, 11) is 1.68. The van der Waals surface area contributed by atoms with Gasteiger partial charge in [0.25, 0.3) is 0 Å². The van der Waals surface area contributed by atoms with E-state index in [0.717, 1.165) is 41.4 Å². The molecule has 100 valence electrons. The Morgan fingerprint density at radius 3 is 2.68 bits per heavy atom. The maximum atomic E-state index is 5.18. The van der Waals surface area contributed by atoms with E-state index in [-0.39, 0.29) is 0 Å². The van der Waals surface area contributed by atoms with Crippen LogP contribution < -0.4 is 9.64 Å². The summed E-state index contributed by atoms with van der Waals surface area (Å²) < 4.78 is 7.36. The lowest BCUT2D eigenvalue weighted by Gasteiger charge is -2.15. The molecule has 0 aliphatic carbocycles. The van der Waals surface area contributed by atoms with Crippen LogP contribution in [0.15, 0.2) is 29.4 Å². The van der Waals surface area contributed by atoms with E-state index in [2.05, 4.69) is 38.7 Å². The van der Waals surface area contributed by atoms with Gasteiger partial charge >= 0.3 is 0 Å². The second kappa shape index (κ2) is 5.13. The Labute approximate surface area is 116 Å². The van der Waals surface area contributed by atoms with Crippen LogP contribution in [0.1, 0.15) is 6.92 Å². The third-order valence-corrected chi connectivity index (χ3v) is 3.99. The number of nitrogens with zero attached hydrogens (tertiary/aromatic N) is 4. The molecule has 0 fully saturated rings. The maximum absolute atomic E-state index is 5.18. The third-order valence-electron chi connectivity index (χ3n) is 3.14. The molecule has 3 rings (SSSR count). The van der Waals surface area contributed by atoms with Gasteiger partial charge in [-0.3, -0.25) is 4.57 Å². The van der Waals surface area contributed by atoms with Crippen LogP contribution in [-0.4, -0.2) is 34.2 Å². The zero-order valence-electron chi connectivity index (χ0n) is 11.0. The van der Waals surface area contributed by atoms with Crippen LogP contribution in [0.4, 0.5) is 11.6 Å². The molecule has 0 bridgehead atoms. The Balaban J connectivity index is 1.88. The van der Waals surface area contributed by atoms with E-state index >= 15 is 0 Å². The first-order chi connectivity index (χ1) is 9.33. The van der Waals surface area contributed by atoms with Crippen LogP contribution in [0, 0.1) is 0 Å². The Morgan fingerprint density at radius 1 is 1.21 bits per heavy atom. The Kier molecular flexibility index (Phi) is 3.33. The van der Waals surface area contributed by atoms with E-state index in [4.69, 9.17) is 4.74 Å². The molecule has 0 saturated heterocycles. The van der Waals surface area contributed by atoms with Crippen LogP contribution >= 0.6 is 11.8 Å². The van der Waals surface area contributed by atoms with Gasteiger partial charge < -0.3 is 9.64 Å². The first-order valence-corrected chi connectivity index (χ1v) is 7.29. The predicted molar refractivity (Wildman–Crippen MR) is 76.4 cm³/mol. The molecule has 2 aromatic rings. The fraction of sp³-hybridized carbons (Fsp3) is 0.385. The minimum absolute atomic E-state index is 0.867. The fourth-order valence-corrected chi connectivity index (χ4v) is 2.90. The van der Waals surface area contributed by atoms with E-state index < -0.39 is 0 Å². The number of aromatic nitrogens is 3. The van der Waals surface area contributed by atoms with Crippen molar-refractivity contribution in [2.24, 2.45) is 0 Å². The van der Waals surface area contributed by atoms with E-state index in [1.165, 1.54) is 0 Å². The summed E-state index contributed by atoms with van der Waals surface area (Å²) in [6.07, 6.45) is 0. The molecule has 0 N–H and O–H groups in total. The molecule has 1 aromatic carbocycles. The molecule has 0 spiro atoms. The van der Waals surface area contributed by atoms with Gasteiger partial charge in [0.2, 0.25) is 5.95 Å². The number of ether oxygens (including phenoxy) is 1. The zero-order valence-corrected chi connectivity index (χ0v) is 11.9. The molecule has 0 amide bonds. The predicted octanol–water partition coefficient (Wildman–Crippen LogP) is 2.55. The summed E-state index contributed by atoms with van der Waals surface area (Å²) in [6, 6.07) is 8.04. The quantitative estimate of drug-likeness (QED) is 0.803. The number of rotatable bonds is 4. The highest BCUT2D eigenvalue weighted by Crippen LogP contribution is 2.32. The monoisotopic (exact) mass is 276 g/mol. The summed E-state index contributed by atoms with van der Waals surface area (Å²) in [5.74, 6) is 2.81. The number of thioether (sulfide) groups is 1. The molecular weight excluding hydrogens is 260 g/mol. The van der Waals surface area contributed by atoms with Crippen molar-refractivity contribution >= 4 is 23.4 Å². The van der Waals surface area contributed by atoms with E-state index in [1.54, 1.807) is 18.9 Å². The van der Waals surface area contributed by atoms with Gasteiger partial charge in [-0.25, -0.2) is 0 Å². The van der Waals surface area contributed by atoms with E-state index in [1.807, 2.05) is 12.1 Å². The highest BCUT2D eigenvalue weighted by Gasteiger charge is 2.25. The zero-order chi connectivity index (χ0) is 13.2. The first kappa shape index (κ1) is 12.3. The van der Waals surface area contributed by atoms with Crippen molar-refractivity contribution in [3.05, 3.63) is 24.3 Å². The molecule has 6 heteroatoms. The smallest absolute Gasteiger partial charge is 0.232 e. The van der Waals surface area contributed by atoms with Crippen molar-refractivity contribution in [3.8, 4) is 5.75 Å².